The summed E-state index contributed by atoms with van der Waals surface area (Å²) < 4.78 is 0. The van der Waals surface area contributed by atoms with Gasteiger partial charge < -0.3 is 15.0 Å². The molecule has 1 unspecified atom stereocenters. The number of aromatic nitrogens is 1. The van der Waals surface area contributed by atoms with Gasteiger partial charge in [-0.15, -0.1) is 0 Å². The lowest BCUT2D eigenvalue weighted by Crippen LogP contribution is -2.19. The molecule has 0 aliphatic carbocycles. The molecule has 0 aliphatic heterocycles. The average molecular weight is 204 g/mol. The standard InChI is InChI=1S/C12H16N2O/c1-14(2)8-12(15)10-3-4-11-9(7-10)5-6-13-11/h3-7,12-13,15H,8H2,1-2H3. The van der Waals surface area contributed by atoms with Crippen LogP contribution in [0.5, 0.6) is 0 Å². The maximum absolute atomic E-state index is 9.94. The molecule has 0 bridgehead atoms. The van der Waals surface area contributed by atoms with E-state index in [-0.39, 0.29) is 0 Å². The number of aliphatic hydroxyl groups is 1. The van der Waals surface area contributed by atoms with E-state index < -0.39 is 6.10 Å². The number of nitrogens with zero attached hydrogens (tertiary/aromatic N) is 1. The van der Waals surface area contributed by atoms with Gasteiger partial charge >= 0.3 is 0 Å². The van der Waals surface area contributed by atoms with Crippen molar-refractivity contribution >= 4 is 10.9 Å². The molecule has 2 aromatic rings. The number of aliphatic hydroxyl groups excluding tert-OH is 1. The van der Waals surface area contributed by atoms with Crippen LogP contribution in [0.3, 0.4) is 0 Å². The van der Waals surface area contributed by atoms with Gasteiger partial charge in [-0.2, -0.15) is 0 Å². The zero-order valence-electron chi connectivity index (χ0n) is 9.07. The third-order valence-corrected chi connectivity index (χ3v) is 2.50. The Kier molecular flexibility index (Phi) is 2.75. The Bertz CT molecular complexity index is 448. The second-order valence-electron chi connectivity index (χ2n) is 4.10. The fourth-order valence-corrected chi connectivity index (χ4v) is 1.73. The monoisotopic (exact) mass is 204 g/mol. The number of H-pyrrole nitrogens is 1. The van der Waals surface area contributed by atoms with E-state index in [2.05, 4.69) is 4.98 Å². The molecule has 3 heteroatoms. The molecule has 0 spiro atoms. The van der Waals surface area contributed by atoms with Crippen LogP contribution in [-0.2, 0) is 0 Å². The van der Waals surface area contributed by atoms with Crippen molar-refractivity contribution in [2.75, 3.05) is 20.6 Å². The molecule has 0 radical (unpaired) electrons. The predicted molar refractivity (Wildman–Crippen MR) is 61.8 cm³/mol. The number of fused-ring (bicyclic) bond motifs is 1. The molecule has 0 fully saturated rings. The Morgan fingerprint density at radius 3 is 2.87 bits per heavy atom. The van der Waals surface area contributed by atoms with Crippen LogP contribution in [0.1, 0.15) is 11.7 Å². The highest BCUT2D eigenvalue weighted by Gasteiger charge is 2.09. The summed E-state index contributed by atoms with van der Waals surface area (Å²) in [6, 6.07) is 8.01. The number of rotatable bonds is 3. The fourth-order valence-electron chi connectivity index (χ4n) is 1.73. The Labute approximate surface area is 89.3 Å². The van der Waals surface area contributed by atoms with E-state index in [9.17, 15) is 5.11 Å². The zero-order valence-corrected chi connectivity index (χ0v) is 9.07. The molecular weight excluding hydrogens is 188 g/mol. The van der Waals surface area contributed by atoms with Crippen molar-refractivity contribution < 1.29 is 5.11 Å². The van der Waals surface area contributed by atoms with Crippen LogP contribution in [0.2, 0.25) is 0 Å². The summed E-state index contributed by atoms with van der Waals surface area (Å²) in [5, 5.41) is 11.1. The topological polar surface area (TPSA) is 39.3 Å². The van der Waals surface area contributed by atoms with Gasteiger partial charge in [-0.25, -0.2) is 0 Å². The van der Waals surface area contributed by atoms with E-state index >= 15 is 0 Å². The van der Waals surface area contributed by atoms with Crippen LogP contribution in [0, 0.1) is 0 Å². The third kappa shape index (κ3) is 2.19. The largest absolute Gasteiger partial charge is 0.387 e. The van der Waals surface area contributed by atoms with Crippen molar-refractivity contribution in [1.29, 1.82) is 0 Å². The molecule has 1 heterocycles. The minimum atomic E-state index is -0.417. The Morgan fingerprint density at radius 2 is 2.13 bits per heavy atom. The first-order valence-corrected chi connectivity index (χ1v) is 5.06. The van der Waals surface area contributed by atoms with E-state index in [4.69, 9.17) is 0 Å². The van der Waals surface area contributed by atoms with Crippen LogP contribution < -0.4 is 0 Å². The number of likely N-dealkylation sites (N-methyl/N-ethyl adjacent to an activating group) is 1. The lowest BCUT2D eigenvalue weighted by molar-refractivity contribution is 0.138. The van der Waals surface area contributed by atoms with Crippen LogP contribution in [0.4, 0.5) is 0 Å². The van der Waals surface area contributed by atoms with Gasteiger partial charge in [-0.05, 0) is 43.2 Å². The second kappa shape index (κ2) is 4.04. The number of hydrogen-bond acceptors (Lipinski definition) is 2. The van der Waals surface area contributed by atoms with Crippen LogP contribution in [0.15, 0.2) is 30.5 Å². The van der Waals surface area contributed by atoms with E-state index in [1.807, 2.05) is 49.5 Å². The Balaban J connectivity index is 2.27. The smallest absolute Gasteiger partial charge is 0.0916 e. The predicted octanol–water partition coefficient (Wildman–Crippen LogP) is 1.76. The SMILES string of the molecule is CN(C)CC(O)c1ccc2[nH]ccc2c1. The van der Waals surface area contributed by atoms with Crippen LogP contribution >= 0.6 is 0 Å². The molecule has 0 aliphatic rings. The van der Waals surface area contributed by atoms with Crippen LogP contribution in [-0.4, -0.2) is 35.6 Å². The molecule has 15 heavy (non-hydrogen) atoms. The summed E-state index contributed by atoms with van der Waals surface area (Å²) in [5.41, 5.74) is 2.08. The van der Waals surface area contributed by atoms with Gasteiger partial charge in [-0.3, -0.25) is 0 Å². The molecule has 2 rings (SSSR count). The average Bonchev–Trinajstić information content (AvgIpc) is 2.62. The third-order valence-electron chi connectivity index (χ3n) is 2.50. The van der Waals surface area contributed by atoms with Gasteiger partial charge in [0.2, 0.25) is 0 Å². The molecule has 0 saturated carbocycles. The van der Waals surface area contributed by atoms with Crippen molar-refractivity contribution in [1.82, 2.24) is 9.88 Å². The number of benzene rings is 1. The van der Waals surface area contributed by atoms with Crippen LogP contribution in [0.25, 0.3) is 10.9 Å². The first-order chi connectivity index (χ1) is 7.16. The molecule has 0 amide bonds. The summed E-state index contributed by atoms with van der Waals surface area (Å²) in [4.78, 5) is 5.11. The molecule has 2 N–H and O–H groups in total. The highest BCUT2D eigenvalue weighted by Crippen LogP contribution is 2.19. The second-order valence-corrected chi connectivity index (χ2v) is 4.10. The first kappa shape index (κ1) is 10.2. The summed E-state index contributed by atoms with van der Waals surface area (Å²) in [7, 11) is 3.91. The van der Waals surface area contributed by atoms with E-state index in [0.29, 0.717) is 6.54 Å². The highest BCUT2D eigenvalue weighted by atomic mass is 16.3. The first-order valence-electron chi connectivity index (χ1n) is 5.06. The van der Waals surface area contributed by atoms with Crippen molar-refractivity contribution in [3.05, 3.63) is 36.0 Å². The minimum absolute atomic E-state index is 0.417. The lowest BCUT2D eigenvalue weighted by atomic mass is 10.1. The number of aromatic amines is 1. The molecule has 1 aromatic heterocycles. The van der Waals surface area contributed by atoms with E-state index in [1.54, 1.807) is 0 Å². The summed E-state index contributed by atoms with van der Waals surface area (Å²) in [5.74, 6) is 0. The molecule has 0 saturated heterocycles. The maximum Gasteiger partial charge on any atom is 0.0916 e. The van der Waals surface area contributed by atoms with Crippen molar-refractivity contribution in [3.8, 4) is 0 Å². The van der Waals surface area contributed by atoms with Crippen molar-refractivity contribution in [2.45, 2.75) is 6.10 Å². The molecule has 3 nitrogen and oxygen atoms in total. The minimum Gasteiger partial charge on any atom is -0.387 e. The molecule has 1 atom stereocenters. The van der Waals surface area contributed by atoms with E-state index in [0.717, 1.165) is 16.5 Å². The highest BCUT2D eigenvalue weighted by molar-refractivity contribution is 5.79. The Morgan fingerprint density at radius 1 is 1.33 bits per heavy atom. The van der Waals surface area contributed by atoms with Gasteiger partial charge in [0.25, 0.3) is 0 Å². The summed E-state index contributed by atoms with van der Waals surface area (Å²) in [6.07, 6.45) is 1.49. The lowest BCUT2D eigenvalue weighted by Gasteiger charge is -2.16. The molecule has 1 aromatic carbocycles. The number of hydrogen-bond donors (Lipinski definition) is 2. The quantitative estimate of drug-likeness (QED) is 0.799. The molecular formula is C12H16N2O. The Hall–Kier alpha value is -1.32. The van der Waals surface area contributed by atoms with Crippen molar-refractivity contribution in [2.24, 2.45) is 0 Å². The summed E-state index contributed by atoms with van der Waals surface area (Å²) in [6.45, 7) is 0.649. The van der Waals surface area contributed by atoms with Gasteiger partial charge in [0, 0.05) is 18.3 Å². The zero-order chi connectivity index (χ0) is 10.8. The van der Waals surface area contributed by atoms with Crippen molar-refractivity contribution in [3.63, 3.8) is 0 Å². The molecule has 80 valence electrons. The fraction of sp³-hybridized carbons (Fsp3) is 0.333. The van der Waals surface area contributed by atoms with Gasteiger partial charge in [0.1, 0.15) is 0 Å². The normalized spacial score (nSPS) is 13.6. The summed E-state index contributed by atoms with van der Waals surface area (Å²) >= 11 is 0. The number of nitrogens with one attached hydrogen (secondary N) is 1. The van der Waals surface area contributed by atoms with Gasteiger partial charge in [0.05, 0.1) is 6.10 Å². The van der Waals surface area contributed by atoms with Gasteiger partial charge in [0.15, 0.2) is 0 Å². The van der Waals surface area contributed by atoms with E-state index in [1.165, 1.54) is 0 Å². The van der Waals surface area contributed by atoms with Gasteiger partial charge in [-0.1, -0.05) is 6.07 Å². The maximum atomic E-state index is 9.94.